The van der Waals surface area contributed by atoms with E-state index < -0.39 is 11.0 Å². The summed E-state index contributed by atoms with van der Waals surface area (Å²) in [6, 6.07) is 14.9. The van der Waals surface area contributed by atoms with Gasteiger partial charge in [-0.05, 0) is 61.2 Å². The topological polar surface area (TPSA) is 60.5 Å². The number of hydrogen-bond donors (Lipinski definition) is 1. The van der Waals surface area contributed by atoms with Gasteiger partial charge in [-0.3, -0.25) is 4.98 Å². The summed E-state index contributed by atoms with van der Waals surface area (Å²) >= 11 is 0. The van der Waals surface area contributed by atoms with Crippen LogP contribution in [-0.4, -0.2) is 22.8 Å². The summed E-state index contributed by atoms with van der Waals surface area (Å²) in [4.78, 5) is 5.11. The van der Waals surface area contributed by atoms with Gasteiger partial charge in [0.25, 0.3) is 0 Å². The number of ether oxygens (including phenoxy) is 2. The Bertz CT molecular complexity index is 939. The summed E-state index contributed by atoms with van der Waals surface area (Å²) in [5, 5.41) is 0.909. The summed E-state index contributed by atoms with van der Waals surface area (Å²) in [7, 11) is 0.457. The van der Waals surface area contributed by atoms with E-state index in [1.807, 2.05) is 48.5 Å². The summed E-state index contributed by atoms with van der Waals surface area (Å²) in [5.41, 5.74) is 0.809. The van der Waals surface area contributed by atoms with E-state index in [1.54, 1.807) is 13.3 Å². The molecule has 1 fully saturated rings. The SMILES string of the molecule is COc1ccc2c(Oc3ccc(S(=O)NCC4CC4)cc3)ccnc2c1. The standard InChI is InChI=1S/C20H20N2O3S/c1-24-16-6-9-18-19(12-16)21-11-10-20(18)25-15-4-7-17(8-5-15)26(23)22-13-14-2-3-14/h4-12,14,22H,2-3,13H2,1H3. The number of aromatic nitrogens is 1. The van der Waals surface area contributed by atoms with Crippen molar-refractivity contribution in [2.24, 2.45) is 5.92 Å². The van der Waals surface area contributed by atoms with Gasteiger partial charge in [0, 0.05) is 24.2 Å². The minimum absolute atomic E-state index is 0.691. The van der Waals surface area contributed by atoms with Gasteiger partial charge in [-0.2, -0.15) is 0 Å². The minimum atomic E-state index is -1.17. The van der Waals surface area contributed by atoms with Crippen molar-refractivity contribution in [3.05, 3.63) is 54.7 Å². The average Bonchev–Trinajstić information content (AvgIpc) is 3.51. The van der Waals surface area contributed by atoms with E-state index in [-0.39, 0.29) is 0 Å². The highest BCUT2D eigenvalue weighted by Gasteiger charge is 2.21. The van der Waals surface area contributed by atoms with E-state index in [0.29, 0.717) is 11.7 Å². The predicted octanol–water partition coefficient (Wildman–Crippen LogP) is 4.06. The van der Waals surface area contributed by atoms with Crippen LogP contribution in [-0.2, 0) is 11.0 Å². The van der Waals surface area contributed by atoms with Crippen LogP contribution >= 0.6 is 0 Å². The molecule has 3 aromatic rings. The molecule has 1 saturated carbocycles. The van der Waals surface area contributed by atoms with Crippen molar-refractivity contribution in [3.63, 3.8) is 0 Å². The number of rotatable bonds is 7. The zero-order chi connectivity index (χ0) is 17.9. The highest BCUT2D eigenvalue weighted by molar-refractivity contribution is 7.83. The molecule has 0 saturated heterocycles. The first-order chi connectivity index (χ1) is 12.7. The Labute approximate surface area is 154 Å². The molecule has 4 rings (SSSR count). The van der Waals surface area contributed by atoms with Gasteiger partial charge in [0.2, 0.25) is 0 Å². The van der Waals surface area contributed by atoms with Gasteiger partial charge in [0.1, 0.15) is 28.2 Å². The third-order valence-electron chi connectivity index (χ3n) is 4.38. The zero-order valence-electron chi connectivity index (χ0n) is 14.5. The monoisotopic (exact) mass is 368 g/mol. The Hall–Kier alpha value is -2.44. The molecule has 1 aliphatic carbocycles. The second-order valence-corrected chi connectivity index (χ2v) is 7.62. The van der Waals surface area contributed by atoms with E-state index in [0.717, 1.165) is 33.8 Å². The van der Waals surface area contributed by atoms with Gasteiger partial charge in [0.15, 0.2) is 0 Å². The molecule has 5 nitrogen and oxygen atoms in total. The molecule has 0 bridgehead atoms. The Morgan fingerprint density at radius 1 is 1.12 bits per heavy atom. The molecule has 1 aliphatic rings. The molecule has 26 heavy (non-hydrogen) atoms. The smallest absolute Gasteiger partial charge is 0.138 e. The summed E-state index contributed by atoms with van der Waals surface area (Å²) < 4.78 is 26.5. The van der Waals surface area contributed by atoms with Crippen molar-refractivity contribution in [2.45, 2.75) is 17.7 Å². The molecule has 0 spiro atoms. The Kier molecular flexibility index (Phi) is 4.86. The molecule has 0 aliphatic heterocycles. The molecule has 6 heteroatoms. The molecule has 1 atom stereocenters. The quantitative estimate of drug-likeness (QED) is 0.683. The van der Waals surface area contributed by atoms with Crippen LogP contribution in [0.25, 0.3) is 10.9 Å². The van der Waals surface area contributed by atoms with Crippen molar-refractivity contribution < 1.29 is 13.7 Å². The number of nitrogens with zero attached hydrogens (tertiary/aromatic N) is 1. The molecule has 1 heterocycles. The van der Waals surface area contributed by atoms with Crippen molar-refractivity contribution in [1.82, 2.24) is 9.71 Å². The largest absolute Gasteiger partial charge is 0.497 e. The Balaban J connectivity index is 1.50. The molecule has 0 radical (unpaired) electrons. The van der Waals surface area contributed by atoms with Crippen LogP contribution in [0.2, 0.25) is 0 Å². The lowest BCUT2D eigenvalue weighted by Crippen LogP contribution is -2.19. The molecule has 2 aromatic carbocycles. The maximum Gasteiger partial charge on any atom is 0.138 e. The first-order valence-electron chi connectivity index (χ1n) is 8.59. The molecule has 134 valence electrons. The fraction of sp³-hybridized carbons (Fsp3) is 0.250. The summed E-state index contributed by atoms with van der Waals surface area (Å²) in [5.74, 6) is 2.86. The number of hydrogen-bond acceptors (Lipinski definition) is 4. The van der Waals surface area contributed by atoms with Crippen LogP contribution in [0.4, 0.5) is 0 Å². The van der Waals surface area contributed by atoms with Gasteiger partial charge in [-0.15, -0.1) is 0 Å². The Morgan fingerprint density at radius 3 is 2.62 bits per heavy atom. The molecule has 1 N–H and O–H groups in total. The number of benzene rings is 2. The molecule has 1 aromatic heterocycles. The maximum atomic E-state index is 12.2. The fourth-order valence-electron chi connectivity index (χ4n) is 2.67. The predicted molar refractivity (Wildman–Crippen MR) is 102 cm³/mol. The van der Waals surface area contributed by atoms with Crippen molar-refractivity contribution in [3.8, 4) is 17.2 Å². The fourth-order valence-corrected chi connectivity index (χ4v) is 3.61. The maximum absolute atomic E-state index is 12.2. The minimum Gasteiger partial charge on any atom is -0.497 e. The highest BCUT2D eigenvalue weighted by atomic mass is 32.2. The lowest BCUT2D eigenvalue weighted by molar-refractivity contribution is 0.415. The zero-order valence-corrected chi connectivity index (χ0v) is 15.3. The van der Waals surface area contributed by atoms with Crippen LogP contribution in [0.15, 0.2) is 59.6 Å². The first kappa shape index (κ1) is 17.0. The van der Waals surface area contributed by atoms with Crippen LogP contribution in [0.3, 0.4) is 0 Å². The van der Waals surface area contributed by atoms with Crippen molar-refractivity contribution >= 4 is 21.9 Å². The second kappa shape index (κ2) is 7.43. The van der Waals surface area contributed by atoms with E-state index in [1.165, 1.54) is 12.8 Å². The first-order valence-corrected chi connectivity index (χ1v) is 9.74. The van der Waals surface area contributed by atoms with Crippen molar-refractivity contribution in [2.75, 3.05) is 13.7 Å². The third kappa shape index (κ3) is 3.86. The van der Waals surface area contributed by atoms with Crippen LogP contribution in [0.1, 0.15) is 12.8 Å². The number of nitrogens with one attached hydrogen (secondary N) is 1. The van der Waals surface area contributed by atoms with E-state index in [9.17, 15) is 4.21 Å². The molecule has 1 unspecified atom stereocenters. The van der Waals surface area contributed by atoms with Gasteiger partial charge < -0.3 is 9.47 Å². The van der Waals surface area contributed by atoms with Gasteiger partial charge in [-0.1, -0.05) is 0 Å². The van der Waals surface area contributed by atoms with E-state index in [2.05, 4.69) is 9.71 Å². The normalized spacial score (nSPS) is 15.0. The summed E-state index contributed by atoms with van der Waals surface area (Å²) in [6.45, 7) is 0.817. The van der Waals surface area contributed by atoms with Crippen LogP contribution in [0.5, 0.6) is 17.2 Å². The van der Waals surface area contributed by atoms with Crippen LogP contribution in [0, 0.1) is 5.92 Å². The van der Waals surface area contributed by atoms with Crippen LogP contribution < -0.4 is 14.2 Å². The van der Waals surface area contributed by atoms with Crippen molar-refractivity contribution in [1.29, 1.82) is 0 Å². The Morgan fingerprint density at radius 2 is 1.88 bits per heavy atom. The van der Waals surface area contributed by atoms with Gasteiger partial charge in [0.05, 0.1) is 17.5 Å². The summed E-state index contributed by atoms with van der Waals surface area (Å²) in [6.07, 6.45) is 4.19. The second-order valence-electron chi connectivity index (χ2n) is 6.33. The van der Waals surface area contributed by atoms with Gasteiger partial charge in [-0.25, -0.2) is 8.93 Å². The lowest BCUT2D eigenvalue weighted by Gasteiger charge is -2.10. The average molecular weight is 368 g/mol. The lowest BCUT2D eigenvalue weighted by atomic mass is 10.2. The number of methoxy groups -OCH3 is 1. The van der Waals surface area contributed by atoms with E-state index in [4.69, 9.17) is 9.47 Å². The number of pyridine rings is 1. The highest BCUT2D eigenvalue weighted by Crippen LogP contribution is 2.31. The van der Waals surface area contributed by atoms with Gasteiger partial charge >= 0.3 is 0 Å². The molecular weight excluding hydrogens is 348 g/mol. The molecule has 0 amide bonds. The van der Waals surface area contributed by atoms with E-state index >= 15 is 0 Å². The number of fused-ring (bicyclic) bond motifs is 1. The third-order valence-corrected chi connectivity index (χ3v) is 5.50. The molecular formula is C20H20N2O3S.